The molecule has 0 amide bonds. The Morgan fingerprint density at radius 1 is 1.45 bits per heavy atom. The van der Waals surface area contributed by atoms with E-state index in [4.69, 9.17) is 5.73 Å². The van der Waals surface area contributed by atoms with Crippen molar-refractivity contribution in [2.24, 2.45) is 11.7 Å². The van der Waals surface area contributed by atoms with Gasteiger partial charge in [0.15, 0.2) is 0 Å². The lowest BCUT2D eigenvalue weighted by molar-refractivity contribution is -0.139. The van der Waals surface area contributed by atoms with E-state index in [1.165, 1.54) is 0 Å². The maximum absolute atomic E-state index is 11.5. The Kier molecular flexibility index (Phi) is 5.15. The Hall–Kier alpha value is -1.39. The smallest absolute Gasteiger partial charge is 0.312 e. The number of carboxylic acid groups (broad SMARTS) is 1. The Labute approximate surface area is 120 Å². The summed E-state index contributed by atoms with van der Waals surface area (Å²) in [6.07, 6.45) is 2.25. The molecule has 20 heavy (non-hydrogen) atoms. The van der Waals surface area contributed by atoms with E-state index in [-0.39, 0.29) is 6.04 Å². The number of carbonyl (C=O) groups is 1. The summed E-state index contributed by atoms with van der Waals surface area (Å²) in [7, 11) is 0. The molecule has 110 valence electrons. The molecule has 1 saturated heterocycles. The third-order valence-electron chi connectivity index (χ3n) is 4.23. The van der Waals surface area contributed by atoms with E-state index in [9.17, 15) is 9.90 Å². The van der Waals surface area contributed by atoms with Crippen molar-refractivity contribution in [1.29, 1.82) is 0 Å². The van der Waals surface area contributed by atoms with Crippen LogP contribution in [0.5, 0.6) is 0 Å². The van der Waals surface area contributed by atoms with Crippen molar-refractivity contribution in [1.82, 2.24) is 4.90 Å². The van der Waals surface area contributed by atoms with Gasteiger partial charge >= 0.3 is 5.97 Å². The summed E-state index contributed by atoms with van der Waals surface area (Å²) in [6.45, 7) is 4.50. The van der Waals surface area contributed by atoms with Gasteiger partial charge in [0.2, 0.25) is 0 Å². The van der Waals surface area contributed by atoms with Gasteiger partial charge in [0.1, 0.15) is 0 Å². The summed E-state index contributed by atoms with van der Waals surface area (Å²) in [5, 5.41) is 9.48. The first kappa shape index (κ1) is 15.0. The van der Waals surface area contributed by atoms with Crippen LogP contribution in [0, 0.1) is 5.92 Å². The number of likely N-dealkylation sites (tertiary alicyclic amines) is 1. The molecule has 3 atom stereocenters. The third-order valence-corrected chi connectivity index (χ3v) is 4.23. The summed E-state index contributed by atoms with van der Waals surface area (Å²) in [5.74, 6) is -0.726. The largest absolute Gasteiger partial charge is 0.481 e. The highest BCUT2D eigenvalue weighted by Crippen LogP contribution is 2.23. The number of hydrogen-bond acceptors (Lipinski definition) is 3. The molecule has 4 nitrogen and oxygen atoms in total. The van der Waals surface area contributed by atoms with Gasteiger partial charge in [-0.3, -0.25) is 4.79 Å². The predicted molar refractivity (Wildman–Crippen MR) is 79.6 cm³/mol. The van der Waals surface area contributed by atoms with Gasteiger partial charge in [-0.25, -0.2) is 0 Å². The number of benzene rings is 1. The first-order valence-corrected chi connectivity index (χ1v) is 7.33. The standard InChI is InChI=1S/C16H24N2O2/c1-12(17)14-8-5-9-18(10-14)11-15(16(19)20)13-6-3-2-4-7-13/h2-4,6-7,12,14-15H,5,8-11,17H2,1H3,(H,19,20). The van der Waals surface area contributed by atoms with Gasteiger partial charge < -0.3 is 15.7 Å². The number of aliphatic carboxylic acids is 1. The fourth-order valence-electron chi connectivity index (χ4n) is 2.96. The molecule has 1 aromatic rings. The normalized spacial score (nSPS) is 23.2. The molecule has 0 saturated carbocycles. The molecule has 1 aliphatic heterocycles. The van der Waals surface area contributed by atoms with Crippen LogP contribution in [-0.2, 0) is 4.79 Å². The van der Waals surface area contributed by atoms with Crippen LogP contribution >= 0.6 is 0 Å². The van der Waals surface area contributed by atoms with Crippen molar-refractivity contribution in [3.05, 3.63) is 35.9 Å². The molecule has 0 bridgehead atoms. The Morgan fingerprint density at radius 2 is 2.15 bits per heavy atom. The van der Waals surface area contributed by atoms with Crippen LogP contribution in [-0.4, -0.2) is 41.7 Å². The van der Waals surface area contributed by atoms with Gasteiger partial charge in [0.25, 0.3) is 0 Å². The second-order valence-corrected chi connectivity index (χ2v) is 5.82. The van der Waals surface area contributed by atoms with Crippen LogP contribution in [0.15, 0.2) is 30.3 Å². The summed E-state index contributed by atoms with van der Waals surface area (Å²) in [5.41, 5.74) is 6.87. The highest BCUT2D eigenvalue weighted by molar-refractivity contribution is 5.76. The van der Waals surface area contributed by atoms with E-state index >= 15 is 0 Å². The molecule has 0 spiro atoms. The van der Waals surface area contributed by atoms with Gasteiger partial charge in [0.05, 0.1) is 5.92 Å². The number of carboxylic acids is 1. The second-order valence-electron chi connectivity index (χ2n) is 5.82. The number of hydrogen-bond donors (Lipinski definition) is 2. The molecule has 1 aromatic carbocycles. The Bertz CT molecular complexity index is 433. The van der Waals surface area contributed by atoms with Crippen LogP contribution in [0.3, 0.4) is 0 Å². The molecule has 2 rings (SSSR count). The zero-order valence-corrected chi connectivity index (χ0v) is 12.0. The molecule has 1 aliphatic rings. The summed E-state index contributed by atoms with van der Waals surface area (Å²) in [4.78, 5) is 13.8. The molecule has 0 radical (unpaired) electrons. The molecule has 4 heteroatoms. The molecule has 0 aliphatic carbocycles. The van der Waals surface area contributed by atoms with Crippen LogP contribution in [0.2, 0.25) is 0 Å². The van der Waals surface area contributed by atoms with Gasteiger partial charge in [0, 0.05) is 19.1 Å². The molecule has 3 unspecified atom stereocenters. The molecular formula is C16H24N2O2. The van der Waals surface area contributed by atoms with Crippen molar-refractivity contribution in [2.75, 3.05) is 19.6 Å². The summed E-state index contributed by atoms with van der Waals surface area (Å²) in [6, 6.07) is 9.67. The average molecular weight is 276 g/mol. The Balaban J connectivity index is 2.03. The number of piperidine rings is 1. The van der Waals surface area contributed by atoms with Crippen molar-refractivity contribution in [3.8, 4) is 0 Å². The zero-order valence-electron chi connectivity index (χ0n) is 12.0. The molecule has 0 aromatic heterocycles. The van der Waals surface area contributed by atoms with Crippen molar-refractivity contribution in [3.63, 3.8) is 0 Å². The van der Waals surface area contributed by atoms with Crippen molar-refractivity contribution in [2.45, 2.75) is 31.7 Å². The number of nitrogens with two attached hydrogens (primary N) is 1. The van der Waals surface area contributed by atoms with Gasteiger partial charge in [-0.2, -0.15) is 0 Å². The molecule has 1 fully saturated rings. The van der Waals surface area contributed by atoms with E-state index in [1.54, 1.807) is 0 Å². The molecule has 3 N–H and O–H groups in total. The number of nitrogens with zero attached hydrogens (tertiary/aromatic N) is 1. The minimum atomic E-state index is -0.751. The quantitative estimate of drug-likeness (QED) is 0.862. The first-order valence-electron chi connectivity index (χ1n) is 7.33. The highest BCUT2D eigenvalue weighted by Gasteiger charge is 2.27. The predicted octanol–water partition coefficient (Wildman–Crippen LogP) is 1.91. The molecule has 1 heterocycles. The minimum absolute atomic E-state index is 0.179. The van der Waals surface area contributed by atoms with E-state index in [1.807, 2.05) is 37.3 Å². The van der Waals surface area contributed by atoms with Gasteiger partial charge in [-0.1, -0.05) is 30.3 Å². The lowest BCUT2D eigenvalue weighted by Crippen LogP contribution is -2.44. The summed E-state index contributed by atoms with van der Waals surface area (Å²) >= 11 is 0. The lowest BCUT2D eigenvalue weighted by Gasteiger charge is -2.35. The van der Waals surface area contributed by atoms with Crippen LogP contribution in [0.25, 0.3) is 0 Å². The average Bonchev–Trinajstić information content (AvgIpc) is 2.45. The monoisotopic (exact) mass is 276 g/mol. The SMILES string of the molecule is CC(N)C1CCCN(CC(C(=O)O)c2ccccc2)C1. The van der Waals surface area contributed by atoms with E-state index in [0.29, 0.717) is 12.5 Å². The van der Waals surface area contributed by atoms with E-state index < -0.39 is 11.9 Å². The number of rotatable bonds is 5. The topological polar surface area (TPSA) is 66.6 Å². The third kappa shape index (κ3) is 3.81. The van der Waals surface area contributed by atoms with E-state index in [2.05, 4.69) is 4.90 Å². The van der Waals surface area contributed by atoms with Gasteiger partial charge in [-0.15, -0.1) is 0 Å². The highest BCUT2D eigenvalue weighted by atomic mass is 16.4. The fourth-order valence-corrected chi connectivity index (χ4v) is 2.96. The second kappa shape index (κ2) is 6.86. The Morgan fingerprint density at radius 3 is 2.75 bits per heavy atom. The van der Waals surface area contributed by atoms with Crippen LogP contribution in [0.4, 0.5) is 0 Å². The van der Waals surface area contributed by atoms with E-state index in [0.717, 1.165) is 31.5 Å². The first-order chi connectivity index (χ1) is 9.58. The molecular weight excluding hydrogens is 252 g/mol. The lowest BCUT2D eigenvalue weighted by atomic mass is 9.90. The zero-order chi connectivity index (χ0) is 14.5. The van der Waals surface area contributed by atoms with Crippen molar-refractivity contribution >= 4 is 5.97 Å². The maximum atomic E-state index is 11.5. The maximum Gasteiger partial charge on any atom is 0.312 e. The summed E-state index contributed by atoms with van der Waals surface area (Å²) < 4.78 is 0. The fraction of sp³-hybridized carbons (Fsp3) is 0.562. The van der Waals surface area contributed by atoms with Gasteiger partial charge in [-0.05, 0) is 37.8 Å². The van der Waals surface area contributed by atoms with Crippen molar-refractivity contribution < 1.29 is 9.90 Å². The van der Waals surface area contributed by atoms with Crippen LogP contribution in [0.1, 0.15) is 31.2 Å². The van der Waals surface area contributed by atoms with Crippen LogP contribution < -0.4 is 5.73 Å². The minimum Gasteiger partial charge on any atom is -0.481 e.